The first kappa shape index (κ1) is 23.1. The lowest BCUT2D eigenvalue weighted by atomic mass is 9.85. The standard InChI is InChI=1S/C21H29F4NO4/c1-20(2,3)30-13-5-6-16-15-11-17(27-4)19(28-9-10-29-21(23,24)25)18(22)14(15)7-8-26(16)12-13/h11,13,16H,5-10,12H2,1-4H3. The van der Waals surface area contributed by atoms with Crippen molar-refractivity contribution in [1.82, 2.24) is 4.90 Å². The number of alkyl halides is 3. The highest BCUT2D eigenvalue weighted by Crippen LogP contribution is 2.44. The van der Waals surface area contributed by atoms with Gasteiger partial charge < -0.3 is 14.2 Å². The highest BCUT2D eigenvalue weighted by molar-refractivity contribution is 5.51. The molecule has 9 heteroatoms. The normalized spacial score (nSPS) is 22.4. The van der Waals surface area contributed by atoms with Crippen LogP contribution in [-0.4, -0.2) is 56.4 Å². The van der Waals surface area contributed by atoms with E-state index in [0.29, 0.717) is 18.5 Å². The molecule has 0 aromatic heterocycles. The van der Waals surface area contributed by atoms with Crippen LogP contribution < -0.4 is 9.47 Å². The Morgan fingerprint density at radius 3 is 2.50 bits per heavy atom. The SMILES string of the molecule is COc1cc2c(c(F)c1OCCOC(F)(F)F)CCN1CC(OC(C)(C)C)CCC21. The molecular weight excluding hydrogens is 406 g/mol. The van der Waals surface area contributed by atoms with Crippen LogP contribution in [0.2, 0.25) is 0 Å². The molecule has 1 saturated heterocycles. The predicted molar refractivity (Wildman–Crippen MR) is 102 cm³/mol. The van der Waals surface area contributed by atoms with Crippen LogP contribution >= 0.6 is 0 Å². The molecule has 2 unspecified atom stereocenters. The molecule has 2 heterocycles. The molecule has 0 aliphatic carbocycles. The zero-order valence-corrected chi connectivity index (χ0v) is 17.8. The second-order valence-electron chi connectivity index (χ2n) is 8.62. The van der Waals surface area contributed by atoms with Crippen molar-refractivity contribution in [3.8, 4) is 11.5 Å². The topological polar surface area (TPSA) is 40.2 Å². The van der Waals surface area contributed by atoms with E-state index in [9.17, 15) is 13.2 Å². The van der Waals surface area contributed by atoms with Crippen molar-refractivity contribution >= 4 is 0 Å². The maximum atomic E-state index is 15.2. The first-order valence-corrected chi connectivity index (χ1v) is 10.1. The second-order valence-corrected chi connectivity index (χ2v) is 8.62. The Hall–Kier alpha value is -1.58. The van der Waals surface area contributed by atoms with Crippen molar-refractivity contribution in [2.75, 3.05) is 33.4 Å². The van der Waals surface area contributed by atoms with Crippen molar-refractivity contribution in [3.63, 3.8) is 0 Å². The zero-order chi connectivity index (χ0) is 22.1. The first-order valence-electron chi connectivity index (χ1n) is 10.1. The van der Waals surface area contributed by atoms with Gasteiger partial charge in [0.15, 0.2) is 17.3 Å². The molecule has 0 spiro atoms. The highest BCUT2D eigenvalue weighted by Gasteiger charge is 2.37. The molecule has 3 rings (SSSR count). The van der Waals surface area contributed by atoms with Crippen molar-refractivity contribution < 1.29 is 36.5 Å². The Labute approximate surface area is 174 Å². The van der Waals surface area contributed by atoms with Gasteiger partial charge in [-0.2, -0.15) is 0 Å². The number of fused-ring (bicyclic) bond motifs is 3. The fourth-order valence-electron chi connectivity index (χ4n) is 4.26. The van der Waals surface area contributed by atoms with E-state index < -0.39 is 25.4 Å². The average molecular weight is 435 g/mol. The predicted octanol–water partition coefficient (Wildman–Crippen LogP) is 4.63. The number of halogens is 4. The largest absolute Gasteiger partial charge is 0.522 e. The Bertz CT molecular complexity index is 748. The van der Waals surface area contributed by atoms with Crippen LogP contribution in [0.5, 0.6) is 11.5 Å². The summed E-state index contributed by atoms with van der Waals surface area (Å²) < 4.78 is 71.9. The quantitative estimate of drug-likeness (QED) is 0.482. The smallest absolute Gasteiger partial charge is 0.493 e. The minimum atomic E-state index is -4.75. The van der Waals surface area contributed by atoms with Gasteiger partial charge in [-0.05, 0) is 57.2 Å². The molecule has 1 aromatic carbocycles. The summed E-state index contributed by atoms with van der Waals surface area (Å²) in [7, 11) is 1.38. The third-order valence-corrected chi connectivity index (χ3v) is 5.31. The van der Waals surface area contributed by atoms with E-state index in [2.05, 4.69) is 9.64 Å². The van der Waals surface area contributed by atoms with E-state index >= 15 is 4.39 Å². The Kier molecular flexibility index (Phi) is 6.84. The Morgan fingerprint density at radius 1 is 1.13 bits per heavy atom. The van der Waals surface area contributed by atoms with E-state index in [1.165, 1.54) is 7.11 Å². The van der Waals surface area contributed by atoms with E-state index in [4.69, 9.17) is 14.2 Å². The number of nitrogens with zero attached hydrogens (tertiary/aromatic N) is 1. The lowest BCUT2D eigenvalue weighted by molar-refractivity contribution is -0.325. The molecule has 0 N–H and O–H groups in total. The fourth-order valence-corrected chi connectivity index (χ4v) is 4.26. The van der Waals surface area contributed by atoms with Gasteiger partial charge >= 0.3 is 6.36 Å². The molecule has 0 bridgehead atoms. The van der Waals surface area contributed by atoms with Gasteiger partial charge in [-0.3, -0.25) is 9.64 Å². The van der Waals surface area contributed by atoms with Gasteiger partial charge in [0.25, 0.3) is 0 Å². The molecular formula is C21H29F4NO4. The van der Waals surface area contributed by atoms with E-state index in [1.54, 1.807) is 6.07 Å². The van der Waals surface area contributed by atoms with Gasteiger partial charge in [-0.25, -0.2) is 4.39 Å². The van der Waals surface area contributed by atoms with Crippen LogP contribution in [0.25, 0.3) is 0 Å². The van der Waals surface area contributed by atoms with Crippen molar-refractivity contribution in [3.05, 3.63) is 23.0 Å². The number of rotatable bonds is 6. The minimum Gasteiger partial charge on any atom is -0.493 e. The molecule has 170 valence electrons. The third-order valence-electron chi connectivity index (χ3n) is 5.31. The summed E-state index contributed by atoms with van der Waals surface area (Å²) in [5.41, 5.74) is 1.17. The first-order chi connectivity index (χ1) is 14.0. The molecule has 1 fully saturated rings. The average Bonchev–Trinajstić information content (AvgIpc) is 2.63. The summed E-state index contributed by atoms with van der Waals surface area (Å²) >= 11 is 0. The number of ether oxygens (including phenoxy) is 4. The maximum Gasteiger partial charge on any atom is 0.522 e. The lowest BCUT2D eigenvalue weighted by Gasteiger charge is -2.45. The fraction of sp³-hybridized carbons (Fsp3) is 0.714. The number of benzene rings is 1. The van der Waals surface area contributed by atoms with Crippen LogP contribution in [0, 0.1) is 5.82 Å². The summed E-state index contributed by atoms with van der Waals surface area (Å²) in [6, 6.07) is 1.81. The van der Waals surface area contributed by atoms with Crippen LogP contribution in [0.15, 0.2) is 6.07 Å². The van der Waals surface area contributed by atoms with Crippen molar-refractivity contribution in [1.29, 1.82) is 0 Å². The van der Waals surface area contributed by atoms with Gasteiger partial charge in [0.1, 0.15) is 6.61 Å². The van der Waals surface area contributed by atoms with Crippen molar-refractivity contribution in [2.24, 2.45) is 0 Å². The summed E-state index contributed by atoms with van der Waals surface area (Å²) in [6.45, 7) is 6.39. The summed E-state index contributed by atoms with van der Waals surface area (Å²) in [5, 5.41) is 0. The molecule has 2 aliphatic heterocycles. The van der Waals surface area contributed by atoms with Crippen LogP contribution in [0.1, 0.15) is 50.8 Å². The van der Waals surface area contributed by atoms with Gasteiger partial charge in [0.2, 0.25) is 0 Å². The second kappa shape index (κ2) is 8.88. The van der Waals surface area contributed by atoms with Crippen LogP contribution in [0.3, 0.4) is 0 Å². The van der Waals surface area contributed by atoms with Gasteiger partial charge in [0.05, 0.1) is 25.4 Å². The van der Waals surface area contributed by atoms with Gasteiger partial charge in [-0.1, -0.05) is 0 Å². The molecule has 0 amide bonds. The molecule has 0 radical (unpaired) electrons. The third kappa shape index (κ3) is 5.56. The lowest BCUT2D eigenvalue weighted by Crippen LogP contribution is -2.47. The highest BCUT2D eigenvalue weighted by atomic mass is 19.4. The summed E-state index contributed by atoms with van der Waals surface area (Å²) in [6.07, 6.45) is -2.43. The number of hydrogen-bond donors (Lipinski definition) is 0. The van der Waals surface area contributed by atoms with Crippen LogP contribution in [0.4, 0.5) is 17.6 Å². The molecule has 0 saturated carbocycles. The zero-order valence-electron chi connectivity index (χ0n) is 17.8. The summed E-state index contributed by atoms with van der Waals surface area (Å²) in [4.78, 5) is 2.30. The van der Waals surface area contributed by atoms with Crippen molar-refractivity contribution in [2.45, 2.75) is 64.1 Å². The Morgan fingerprint density at radius 2 is 1.87 bits per heavy atom. The van der Waals surface area contributed by atoms with E-state index in [0.717, 1.165) is 24.9 Å². The molecule has 30 heavy (non-hydrogen) atoms. The minimum absolute atomic E-state index is 0.0552. The van der Waals surface area contributed by atoms with Gasteiger partial charge in [0, 0.05) is 19.1 Å². The molecule has 2 atom stereocenters. The van der Waals surface area contributed by atoms with Gasteiger partial charge in [-0.15, -0.1) is 13.2 Å². The Balaban J connectivity index is 1.75. The number of piperidine rings is 1. The molecule has 1 aromatic rings. The maximum absolute atomic E-state index is 15.2. The monoisotopic (exact) mass is 435 g/mol. The van der Waals surface area contributed by atoms with E-state index in [-0.39, 0.29) is 29.2 Å². The number of methoxy groups -OCH3 is 1. The molecule has 5 nitrogen and oxygen atoms in total. The van der Waals surface area contributed by atoms with Crippen LogP contribution in [-0.2, 0) is 15.9 Å². The number of hydrogen-bond acceptors (Lipinski definition) is 5. The summed E-state index contributed by atoms with van der Waals surface area (Å²) in [5.74, 6) is -0.558. The van der Waals surface area contributed by atoms with E-state index in [1.807, 2.05) is 20.8 Å². The molecule has 2 aliphatic rings.